The van der Waals surface area contributed by atoms with Crippen molar-refractivity contribution >= 4 is 46.6 Å². The van der Waals surface area contributed by atoms with Crippen molar-refractivity contribution < 1.29 is 14.7 Å². The minimum absolute atomic E-state index is 0.270. The summed E-state index contributed by atoms with van der Waals surface area (Å²) in [6, 6.07) is -0.888. The summed E-state index contributed by atoms with van der Waals surface area (Å²) in [5.74, 6) is -0.625. The monoisotopic (exact) mass is 295 g/mol. The van der Waals surface area contributed by atoms with Gasteiger partial charge in [0.05, 0.1) is 0 Å². The summed E-state index contributed by atoms with van der Waals surface area (Å²) in [6.45, 7) is 1.28. The number of carboxylic acids is 1. The Hall–Kier alpha value is -0.860. The Morgan fingerprint density at radius 2 is 2.29 bits per heavy atom. The molecule has 0 fully saturated rings. The van der Waals surface area contributed by atoms with Crippen molar-refractivity contribution in [1.82, 2.24) is 15.5 Å². The molecule has 0 aliphatic rings. The van der Waals surface area contributed by atoms with Crippen LogP contribution in [0.5, 0.6) is 0 Å². The van der Waals surface area contributed by atoms with Gasteiger partial charge in [-0.2, -0.15) is 11.8 Å². The molecule has 0 radical (unpaired) electrons. The molecule has 1 amide bonds. The van der Waals surface area contributed by atoms with Gasteiger partial charge in [0.15, 0.2) is 0 Å². The molecule has 0 aliphatic carbocycles. The molecule has 1 aromatic rings. The van der Waals surface area contributed by atoms with Gasteiger partial charge in [0.25, 0.3) is 0 Å². The average Bonchev–Trinajstić information content (AvgIpc) is 2.62. The molecule has 0 spiro atoms. The molecule has 1 heterocycles. The number of carbonyl (C=O) groups excluding carboxylic acids is 1. The lowest BCUT2D eigenvalue weighted by Crippen LogP contribution is -2.41. The number of carboxylic acid groups (broad SMARTS) is 1. The fourth-order valence-corrected chi connectivity index (χ4v) is 2.94. The van der Waals surface area contributed by atoms with Gasteiger partial charge < -0.3 is 10.4 Å². The second-order valence-electron chi connectivity index (χ2n) is 3.06. The van der Waals surface area contributed by atoms with Gasteiger partial charge >= 0.3 is 5.97 Å². The first-order valence-electron chi connectivity index (χ1n) is 4.54. The van der Waals surface area contributed by atoms with Gasteiger partial charge in [-0.15, -0.1) is 10.2 Å². The summed E-state index contributed by atoms with van der Waals surface area (Å²) in [6.07, 6.45) is 0. The summed E-state index contributed by atoms with van der Waals surface area (Å²) >= 11 is 8.21. The molecule has 0 saturated heterocycles. The third-order valence-corrected chi connectivity index (χ3v) is 3.88. The van der Waals surface area contributed by atoms with Crippen molar-refractivity contribution in [2.75, 3.05) is 5.75 Å². The highest BCUT2D eigenvalue weighted by molar-refractivity contribution is 7.98. The number of rotatable bonds is 6. The first-order valence-corrected chi connectivity index (χ1v) is 6.89. The molecule has 2 N–H and O–H groups in total. The molecular weight excluding hydrogens is 286 g/mol. The second-order valence-corrected chi connectivity index (χ2v) is 5.73. The number of aromatic nitrogens is 2. The highest BCUT2D eigenvalue weighted by Crippen LogP contribution is 2.20. The SMILES string of the molecule is CC(=O)N[C@@H](CSCc1nnc(Cl)s1)C(=O)O. The summed E-state index contributed by atoms with van der Waals surface area (Å²) in [4.78, 5) is 21.6. The molecule has 0 aromatic carbocycles. The van der Waals surface area contributed by atoms with Crippen LogP contribution in [-0.2, 0) is 15.3 Å². The number of aliphatic carboxylic acids is 1. The molecule has 0 unspecified atom stereocenters. The molecule has 94 valence electrons. The highest BCUT2D eigenvalue weighted by Gasteiger charge is 2.18. The average molecular weight is 296 g/mol. The van der Waals surface area contributed by atoms with Crippen LogP contribution in [0.3, 0.4) is 0 Å². The van der Waals surface area contributed by atoms with E-state index in [1.165, 1.54) is 30.0 Å². The van der Waals surface area contributed by atoms with Crippen molar-refractivity contribution in [3.8, 4) is 0 Å². The zero-order chi connectivity index (χ0) is 12.8. The number of halogens is 1. The molecule has 9 heteroatoms. The van der Waals surface area contributed by atoms with Crippen LogP contribution in [0, 0.1) is 0 Å². The van der Waals surface area contributed by atoms with E-state index in [2.05, 4.69) is 15.5 Å². The molecule has 0 saturated carbocycles. The van der Waals surface area contributed by atoms with E-state index in [4.69, 9.17) is 16.7 Å². The molecule has 1 atom stereocenters. The van der Waals surface area contributed by atoms with E-state index in [1.54, 1.807) is 0 Å². The summed E-state index contributed by atoms with van der Waals surface area (Å²) in [5.41, 5.74) is 0. The van der Waals surface area contributed by atoms with E-state index in [1.807, 2.05) is 0 Å². The van der Waals surface area contributed by atoms with Crippen LogP contribution in [0.1, 0.15) is 11.9 Å². The predicted octanol–water partition coefficient (Wildman–Crippen LogP) is 1.01. The number of amides is 1. The maximum absolute atomic E-state index is 10.8. The van der Waals surface area contributed by atoms with Crippen LogP contribution in [0.25, 0.3) is 0 Å². The third-order valence-electron chi connectivity index (χ3n) is 1.63. The van der Waals surface area contributed by atoms with Gasteiger partial charge in [-0.3, -0.25) is 4.79 Å². The standard InChI is InChI=1S/C8H10ClN3O3S2/c1-4(13)10-5(7(14)15)2-16-3-6-11-12-8(9)17-6/h5H,2-3H2,1H3,(H,10,13)(H,14,15)/t5-/m0/s1. The fraction of sp³-hybridized carbons (Fsp3) is 0.500. The van der Waals surface area contributed by atoms with E-state index in [0.717, 1.165) is 5.01 Å². The fourth-order valence-electron chi connectivity index (χ4n) is 0.976. The minimum atomic E-state index is -1.05. The van der Waals surface area contributed by atoms with Gasteiger partial charge in [-0.05, 0) is 11.6 Å². The van der Waals surface area contributed by atoms with Crippen molar-refractivity contribution in [2.24, 2.45) is 0 Å². The van der Waals surface area contributed by atoms with Crippen LogP contribution in [0.15, 0.2) is 0 Å². The number of carbonyl (C=O) groups is 2. The van der Waals surface area contributed by atoms with Crippen molar-refractivity contribution in [2.45, 2.75) is 18.7 Å². The van der Waals surface area contributed by atoms with Crippen LogP contribution < -0.4 is 5.32 Å². The Morgan fingerprint density at radius 3 is 2.76 bits per heavy atom. The summed E-state index contributed by atoms with van der Waals surface area (Å²) in [7, 11) is 0. The van der Waals surface area contributed by atoms with E-state index in [9.17, 15) is 9.59 Å². The van der Waals surface area contributed by atoms with Crippen LogP contribution in [0.2, 0.25) is 4.47 Å². The summed E-state index contributed by atoms with van der Waals surface area (Å²) < 4.78 is 0.359. The van der Waals surface area contributed by atoms with Gasteiger partial charge in [0, 0.05) is 18.4 Å². The highest BCUT2D eigenvalue weighted by atomic mass is 35.5. The van der Waals surface area contributed by atoms with Crippen LogP contribution in [0.4, 0.5) is 0 Å². The minimum Gasteiger partial charge on any atom is -0.480 e. The van der Waals surface area contributed by atoms with Crippen molar-refractivity contribution in [3.05, 3.63) is 9.47 Å². The Kier molecular flexibility index (Phi) is 5.66. The Labute approximate surface area is 111 Å². The van der Waals surface area contributed by atoms with E-state index < -0.39 is 12.0 Å². The Morgan fingerprint density at radius 1 is 1.59 bits per heavy atom. The lowest BCUT2D eigenvalue weighted by Gasteiger charge is -2.11. The maximum Gasteiger partial charge on any atom is 0.327 e. The van der Waals surface area contributed by atoms with Crippen LogP contribution >= 0.6 is 34.7 Å². The number of nitrogens with zero attached hydrogens (tertiary/aromatic N) is 2. The molecule has 6 nitrogen and oxygen atoms in total. The van der Waals surface area contributed by atoms with Crippen molar-refractivity contribution in [1.29, 1.82) is 0 Å². The topological polar surface area (TPSA) is 92.2 Å². The van der Waals surface area contributed by atoms with E-state index >= 15 is 0 Å². The largest absolute Gasteiger partial charge is 0.480 e. The van der Waals surface area contributed by atoms with Gasteiger partial charge in [-0.25, -0.2) is 4.79 Å². The third kappa shape index (κ3) is 5.33. The molecule has 1 rings (SSSR count). The smallest absolute Gasteiger partial charge is 0.327 e. The van der Waals surface area contributed by atoms with Gasteiger partial charge in [0.1, 0.15) is 11.0 Å². The lowest BCUT2D eigenvalue weighted by molar-refractivity contribution is -0.140. The molecule has 0 bridgehead atoms. The van der Waals surface area contributed by atoms with Gasteiger partial charge in [-0.1, -0.05) is 11.3 Å². The zero-order valence-corrected chi connectivity index (χ0v) is 11.2. The number of thioether (sulfide) groups is 1. The molecule has 1 aromatic heterocycles. The molecule has 0 aliphatic heterocycles. The predicted molar refractivity (Wildman–Crippen MR) is 66.3 cm³/mol. The normalized spacial score (nSPS) is 12.1. The first kappa shape index (κ1) is 14.2. The maximum atomic E-state index is 10.8. The number of nitrogens with one attached hydrogen (secondary N) is 1. The van der Waals surface area contributed by atoms with Crippen molar-refractivity contribution in [3.63, 3.8) is 0 Å². The quantitative estimate of drug-likeness (QED) is 0.814. The van der Waals surface area contributed by atoms with Crippen LogP contribution in [-0.4, -0.2) is 39.0 Å². The van der Waals surface area contributed by atoms with Gasteiger partial charge in [0.2, 0.25) is 10.4 Å². The molecule has 17 heavy (non-hydrogen) atoms. The summed E-state index contributed by atoms with van der Waals surface area (Å²) in [5, 5.41) is 19.4. The Balaban J connectivity index is 2.37. The zero-order valence-electron chi connectivity index (χ0n) is 8.84. The Bertz CT molecular complexity index is 412. The lowest BCUT2D eigenvalue weighted by atomic mass is 10.3. The molecular formula is C8H10ClN3O3S2. The van der Waals surface area contributed by atoms with E-state index in [-0.39, 0.29) is 11.7 Å². The first-order chi connectivity index (χ1) is 7.99. The number of hydrogen-bond donors (Lipinski definition) is 2. The second kappa shape index (κ2) is 6.77. The van der Waals surface area contributed by atoms with E-state index in [0.29, 0.717) is 10.2 Å². The number of hydrogen-bond acceptors (Lipinski definition) is 6.